The van der Waals surface area contributed by atoms with Crippen molar-refractivity contribution in [2.24, 2.45) is 0 Å². The van der Waals surface area contributed by atoms with E-state index in [1.54, 1.807) is 0 Å². The fourth-order valence-corrected chi connectivity index (χ4v) is 2.14. The predicted molar refractivity (Wildman–Crippen MR) is 68.1 cm³/mol. The van der Waals surface area contributed by atoms with Crippen molar-refractivity contribution in [3.8, 4) is 0 Å². The molecule has 0 spiro atoms. The average Bonchev–Trinajstić information content (AvgIpc) is 2.45. The number of hydrogen-bond donors (Lipinski definition) is 3. The zero-order chi connectivity index (χ0) is 20.3. The number of alkyl halides is 6. The highest BCUT2D eigenvalue weighted by Gasteiger charge is 2.47. The molecule has 0 unspecified atom stereocenters. The fraction of sp³-hybridized carbons (Fsp3) is 0.750. The molecule has 0 aliphatic carbocycles. The molecule has 14 heteroatoms. The third kappa shape index (κ3) is 6.33. The molecule has 4 atom stereocenters. The third-order valence-electron chi connectivity index (χ3n) is 3.15. The van der Waals surface area contributed by atoms with Crippen LogP contribution >= 0.6 is 0 Å². The lowest BCUT2D eigenvalue weighted by Crippen LogP contribution is -2.61. The van der Waals surface area contributed by atoms with Gasteiger partial charge in [0.2, 0.25) is 0 Å². The minimum absolute atomic E-state index is 0.635. The zero-order valence-electron chi connectivity index (χ0n) is 13.0. The van der Waals surface area contributed by atoms with Gasteiger partial charge in [-0.25, -0.2) is 0 Å². The lowest BCUT2D eigenvalue weighted by Gasteiger charge is -2.39. The molecule has 3 N–H and O–H groups in total. The molecular formula is C12H14F6N2O6. The van der Waals surface area contributed by atoms with Crippen molar-refractivity contribution in [2.45, 2.75) is 50.2 Å². The van der Waals surface area contributed by atoms with E-state index in [0.717, 1.165) is 6.92 Å². The molecule has 0 aromatic heterocycles. The van der Waals surface area contributed by atoms with Crippen molar-refractivity contribution < 1.29 is 55.3 Å². The second-order valence-electron chi connectivity index (χ2n) is 5.22. The van der Waals surface area contributed by atoms with Crippen molar-refractivity contribution in [1.82, 2.24) is 10.6 Å². The molecule has 8 nitrogen and oxygen atoms in total. The molecule has 26 heavy (non-hydrogen) atoms. The Morgan fingerprint density at radius 3 is 2.12 bits per heavy atom. The summed E-state index contributed by atoms with van der Waals surface area (Å²) in [4.78, 5) is 33.0. The third-order valence-corrected chi connectivity index (χ3v) is 3.15. The fourth-order valence-electron chi connectivity index (χ4n) is 2.14. The molecule has 1 heterocycles. The van der Waals surface area contributed by atoms with Crippen LogP contribution in [-0.2, 0) is 23.9 Å². The number of hydrogen-bond acceptors (Lipinski definition) is 6. The molecule has 0 radical (unpaired) electrons. The van der Waals surface area contributed by atoms with Gasteiger partial charge in [-0.1, -0.05) is 0 Å². The molecule has 1 aliphatic heterocycles. The van der Waals surface area contributed by atoms with Gasteiger partial charge in [0.05, 0.1) is 6.04 Å². The molecule has 0 saturated carbocycles. The number of esters is 1. The van der Waals surface area contributed by atoms with Crippen LogP contribution in [0.4, 0.5) is 26.3 Å². The first kappa shape index (κ1) is 22.0. The van der Waals surface area contributed by atoms with Crippen molar-refractivity contribution in [3.63, 3.8) is 0 Å². The van der Waals surface area contributed by atoms with Crippen LogP contribution in [0.25, 0.3) is 0 Å². The second-order valence-corrected chi connectivity index (χ2v) is 5.22. The molecule has 2 amide bonds. The summed E-state index contributed by atoms with van der Waals surface area (Å²) in [5.74, 6) is -5.82. The van der Waals surface area contributed by atoms with E-state index < -0.39 is 67.6 Å². The summed E-state index contributed by atoms with van der Waals surface area (Å²) in [6, 6.07) is -1.62. The van der Waals surface area contributed by atoms with E-state index >= 15 is 0 Å². The van der Waals surface area contributed by atoms with Crippen LogP contribution in [0.1, 0.15) is 13.3 Å². The van der Waals surface area contributed by atoms with Gasteiger partial charge in [-0.15, -0.1) is 0 Å². The molecule has 1 rings (SSSR count). The van der Waals surface area contributed by atoms with Gasteiger partial charge in [-0.3, -0.25) is 14.4 Å². The average molecular weight is 396 g/mol. The SMILES string of the molecule is CC(=O)O[C@H]1[C@H](NC(=O)C(F)(F)F)C[C@H](O)O[C@@H]1CNC(=O)C(F)(F)F. The topological polar surface area (TPSA) is 114 Å². The van der Waals surface area contributed by atoms with Gasteiger partial charge in [0.1, 0.15) is 12.2 Å². The van der Waals surface area contributed by atoms with Crippen molar-refractivity contribution in [3.05, 3.63) is 0 Å². The van der Waals surface area contributed by atoms with Crippen LogP contribution in [0, 0.1) is 0 Å². The Morgan fingerprint density at radius 1 is 1.12 bits per heavy atom. The molecule has 0 bridgehead atoms. The first-order valence-electron chi connectivity index (χ1n) is 6.95. The van der Waals surface area contributed by atoms with Crippen LogP contribution in [0.5, 0.6) is 0 Å². The van der Waals surface area contributed by atoms with Crippen LogP contribution < -0.4 is 10.6 Å². The van der Waals surface area contributed by atoms with Crippen LogP contribution in [-0.4, -0.2) is 66.3 Å². The minimum atomic E-state index is -5.29. The standard InChI is InChI=1S/C12H14F6N2O6/c1-4(21)25-8-5(20-10(24)12(16,17)18)2-7(22)26-6(8)3-19-9(23)11(13,14)15/h5-8,22H,2-3H2,1H3,(H,19,23)(H,20,24)/t5-,6-,7-,8+/m1/s1. The quantitative estimate of drug-likeness (QED) is 0.446. The van der Waals surface area contributed by atoms with E-state index in [9.17, 15) is 45.8 Å². The van der Waals surface area contributed by atoms with Gasteiger partial charge in [-0.2, -0.15) is 26.3 Å². The predicted octanol–water partition coefficient (Wildman–Crippen LogP) is -0.249. The first-order chi connectivity index (χ1) is 11.7. The molecule has 0 aromatic rings. The minimum Gasteiger partial charge on any atom is -0.458 e. The van der Waals surface area contributed by atoms with Gasteiger partial charge in [0.25, 0.3) is 0 Å². The molecular weight excluding hydrogens is 382 g/mol. The van der Waals surface area contributed by atoms with E-state index in [1.807, 2.05) is 0 Å². The molecule has 1 fully saturated rings. The molecule has 1 aliphatic rings. The summed E-state index contributed by atoms with van der Waals surface area (Å²) < 4.78 is 83.3. The number of halogens is 6. The monoisotopic (exact) mass is 396 g/mol. The van der Waals surface area contributed by atoms with Gasteiger partial charge in [-0.05, 0) is 0 Å². The van der Waals surface area contributed by atoms with Crippen LogP contribution in [0.3, 0.4) is 0 Å². The Hall–Kier alpha value is -2.09. The van der Waals surface area contributed by atoms with Gasteiger partial charge in [0.15, 0.2) is 6.29 Å². The van der Waals surface area contributed by atoms with E-state index in [-0.39, 0.29) is 0 Å². The van der Waals surface area contributed by atoms with E-state index in [0.29, 0.717) is 0 Å². The number of nitrogens with one attached hydrogen (secondary N) is 2. The second kappa shape index (κ2) is 8.07. The lowest BCUT2D eigenvalue weighted by molar-refractivity contribution is -0.221. The zero-order valence-corrected chi connectivity index (χ0v) is 13.0. The Kier molecular flexibility index (Phi) is 6.82. The Balaban J connectivity index is 2.93. The molecule has 0 aromatic carbocycles. The smallest absolute Gasteiger partial charge is 0.458 e. The van der Waals surface area contributed by atoms with E-state index in [1.165, 1.54) is 10.6 Å². The highest BCUT2D eigenvalue weighted by Crippen LogP contribution is 2.24. The maximum atomic E-state index is 12.4. The van der Waals surface area contributed by atoms with E-state index in [4.69, 9.17) is 9.47 Å². The highest BCUT2D eigenvalue weighted by molar-refractivity contribution is 5.82. The Bertz CT molecular complexity index is 551. The van der Waals surface area contributed by atoms with Crippen molar-refractivity contribution in [2.75, 3.05) is 6.54 Å². The Labute approximate surface area is 141 Å². The normalized spacial score (nSPS) is 26.8. The summed E-state index contributed by atoms with van der Waals surface area (Å²) in [7, 11) is 0. The number of aliphatic hydroxyl groups is 1. The summed E-state index contributed by atoms with van der Waals surface area (Å²) in [5, 5.41) is 12.4. The van der Waals surface area contributed by atoms with Crippen LogP contribution in [0.2, 0.25) is 0 Å². The largest absolute Gasteiger partial charge is 0.471 e. The number of aliphatic hydroxyl groups excluding tert-OH is 1. The highest BCUT2D eigenvalue weighted by atomic mass is 19.4. The van der Waals surface area contributed by atoms with Crippen molar-refractivity contribution in [1.29, 1.82) is 0 Å². The van der Waals surface area contributed by atoms with Crippen molar-refractivity contribution >= 4 is 17.8 Å². The first-order valence-corrected chi connectivity index (χ1v) is 6.95. The number of rotatable bonds is 4. The summed E-state index contributed by atoms with van der Waals surface area (Å²) in [6.07, 6.45) is -16.3. The lowest BCUT2D eigenvalue weighted by atomic mass is 9.97. The van der Waals surface area contributed by atoms with Gasteiger partial charge in [0, 0.05) is 19.9 Å². The summed E-state index contributed by atoms with van der Waals surface area (Å²) in [5.41, 5.74) is 0. The number of carbonyl (C=O) groups is 3. The van der Waals surface area contributed by atoms with Gasteiger partial charge < -0.3 is 25.2 Å². The number of carbonyl (C=O) groups excluding carboxylic acids is 3. The van der Waals surface area contributed by atoms with E-state index in [2.05, 4.69) is 0 Å². The number of amides is 2. The summed E-state index contributed by atoms with van der Waals surface area (Å²) in [6.45, 7) is -0.0925. The molecule has 150 valence electrons. The summed E-state index contributed by atoms with van der Waals surface area (Å²) >= 11 is 0. The van der Waals surface area contributed by atoms with Gasteiger partial charge >= 0.3 is 30.1 Å². The number of ether oxygens (including phenoxy) is 2. The maximum Gasteiger partial charge on any atom is 0.471 e. The maximum absolute atomic E-state index is 12.4. The molecule has 1 saturated heterocycles. The van der Waals surface area contributed by atoms with Crippen LogP contribution in [0.15, 0.2) is 0 Å². The Morgan fingerprint density at radius 2 is 1.65 bits per heavy atom.